The number of rotatable bonds is 6. The molecule has 0 saturated heterocycles. The number of carbonyl (C=O) groups is 1. The minimum Gasteiger partial charge on any atom is -0.481 e. The second-order valence-corrected chi connectivity index (χ2v) is 4.79. The molecule has 124 valence electrons. The zero-order chi connectivity index (χ0) is 17.5. The third-order valence-corrected chi connectivity index (χ3v) is 3.13. The Bertz CT molecular complexity index is 757. The molecule has 24 heavy (non-hydrogen) atoms. The fourth-order valence-corrected chi connectivity index (χ4v) is 1.99. The highest BCUT2D eigenvalue weighted by atomic mass is 19.1. The predicted molar refractivity (Wildman–Crippen MR) is 80.8 cm³/mol. The summed E-state index contributed by atoms with van der Waals surface area (Å²) in [4.78, 5) is 13.5. The van der Waals surface area contributed by atoms with Crippen LogP contribution in [0.15, 0.2) is 42.5 Å². The zero-order valence-corrected chi connectivity index (χ0v) is 12.5. The molecule has 0 saturated carbocycles. The molecule has 7 heteroatoms. The second kappa shape index (κ2) is 8.02. The van der Waals surface area contributed by atoms with Crippen molar-refractivity contribution in [3.63, 3.8) is 0 Å². The van der Waals surface area contributed by atoms with Gasteiger partial charge in [-0.2, -0.15) is 5.26 Å². The number of anilines is 1. The number of ether oxygens (including phenoxy) is 1. The van der Waals surface area contributed by atoms with E-state index in [1.54, 1.807) is 0 Å². The molecule has 0 bridgehead atoms. The Hall–Kier alpha value is -3.01. The fourth-order valence-electron chi connectivity index (χ4n) is 1.99. The minimum atomic E-state index is -0.923. The van der Waals surface area contributed by atoms with Crippen molar-refractivity contribution in [2.45, 2.75) is 6.42 Å². The van der Waals surface area contributed by atoms with Gasteiger partial charge in [0.05, 0.1) is 12.5 Å². The van der Waals surface area contributed by atoms with Gasteiger partial charge in [-0.3, -0.25) is 4.79 Å². The number of hydrogen-bond donors (Lipinski definition) is 0. The van der Waals surface area contributed by atoms with Crippen LogP contribution in [0.2, 0.25) is 0 Å². The molecule has 0 aromatic heterocycles. The first-order valence-electron chi connectivity index (χ1n) is 7.02. The lowest BCUT2D eigenvalue weighted by Gasteiger charge is -2.22. The summed E-state index contributed by atoms with van der Waals surface area (Å²) in [6.45, 7) is -0.429. The summed E-state index contributed by atoms with van der Waals surface area (Å²) in [5.41, 5.74) is 0.389. The van der Waals surface area contributed by atoms with Crippen molar-refractivity contribution in [1.82, 2.24) is 0 Å². The van der Waals surface area contributed by atoms with Crippen LogP contribution in [0.25, 0.3) is 0 Å². The second-order valence-electron chi connectivity index (χ2n) is 4.79. The summed E-state index contributed by atoms with van der Waals surface area (Å²) in [5, 5.41) is 8.69. The molecular formula is C17H13F3N2O2. The van der Waals surface area contributed by atoms with Crippen LogP contribution in [0.5, 0.6) is 5.75 Å². The molecule has 2 aromatic carbocycles. The molecule has 2 rings (SSSR count). The van der Waals surface area contributed by atoms with Crippen LogP contribution in [-0.4, -0.2) is 19.1 Å². The smallest absolute Gasteiger partial charge is 0.264 e. The average Bonchev–Trinajstić information content (AvgIpc) is 2.56. The van der Waals surface area contributed by atoms with E-state index in [2.05, 4.69) is 0 Å². The summed E-state index contributed by atoms with van der Waals surface area (Å²) in [7, 11) is 0. The number of carbonyl (C=O) groups excluding carboxylic acids is 1. The molecule has 0 aliphatic carbocycles. The van der Waals surface area contributed by atoms with Gasteiger partial charge in [0, 0.05) is 18.3 Å². The third kappa shape index (κ3) is 4.49. The van der Waals surface area contributed by atoms with E-state index in [0.29, 0.717) is 11.8 Å². The Kier molecular flexibility index (Phi) is 5.79. The van der Waals surface area contributed by atoms with Crippen LogP contribution in [0.4, 0.5) is 18.9 Å². The van der Waals surface area contributed by atoms with Crippen molar-refractivity contribution in [3.8, 4) is 11.8 Å². The Balaban J connectivity index is 2.10. The Labute approximate surface area is 136 Å². The maximum Gasteiger partial charge on any atom is 0.264 e. The molecule has 0 aliphatic heterocycles. The highest BCUT2D eigenvalue weighted by Gasteiger charge is 2.17. The van der Waals surface area contributed by atoms with Crippen molar-refractivity contribution in [1.29, 1.82) is 5.26 Å². The summed E-state index contributed by atoms with van der Waals surface area (Å²) in [6, 6.07) is 9.80. The van der Waals surface area contributed by atoms with Crippen molar-refractivity contribution in [2.75, 3.05) is 18.1 Å². The number of benzene rings is 2. The Morgan fingerprint density at radius 1 is 1.08 bits per heavy atom. The van der Waals surface area contributed by atoms with Crippen LogP contribution < -0.4 is 9.64 Å². The van der Waals surface area contributed by atoms with Gasteiger partial charge in [-0.25, -0.2) is 13.2 Å². The highest BCUT2D eigenvalue weighted by Crippen LogP contribution is 2.19. The van der Waals surface area contributed by atoms with E-state index >= 15 is 0 Å². The van der Waals surface area contributed by atoms with E-state index in [9.17, 15) is 18.0 Å². The van der Waals surface area contributed by atoms with Gasteiger partial charge in [0.15, 0.2) is 18.2 Å². The van der Waals surface area contributed by atoms with Crippen molar-refractivity contribution < 1.29 is 22.7 Å². The van der Waals surface area contributed by atoms with Crippen molar-refractivity contribution in [2.24, 2.45) is 0 Å². The van der Waals surface area contributed by atoms with E-state index in [-0.39, 0.29) is 18.7 Å². The molecule has 0 heterocycles. The number of amides is 1. The highest BCUT2D eigenvalue weighted by molar-refractivity contribution is 5.94. The van der Waals surface area contributed by atoms with Gasteiger partial charge in [-0.1, -0.05) is 0 Å². The van der Waals surface area contributed by atoms with Crippen LogP contribution in [-0.2, 0) is 4.79 Å². The van der Waals surface area contributed by atoms with Gasteiger partial charge in [-0.15, -0.1) is 0 Å². The molecular weight excluding hydrogens is 321 g/mol. The van der Waals surface area contributed by atoms with E-state index < -0.39 is 30.0 Å². The topological polar surface area (TPSA) is 53.3 Å². The third-order valence-electron chi connectivity index (χ3n) is 3.13. The normalized spacial score (nSPS) is 10.1. The summed E-state index contributed by atoms with van der Waals surface area (Å²) in [5.74, 6) is -2.94. The summed E-state index contributed by atoms with van der Waals surface area (Å²) < 4.78 is 44.4. The first-order chi connectivity index (χ1) is 11.5. The van der Waals surface area contributed by atoms with Crippen LogP contribution in [0.1, 0.15) is 6.42 Å². The number of halogens is 3. The molecule has 0 spiro atoms. The molecule has 0 unspecified atom stereocenters. The molecule has 0 atom stereocenters. The monoisotopic (exact) mass is 334 g/mol. The van der Waals surface area contributed by atoms with Gasteiger partial charge in [-0.05, 0) is 36.4 Å². The van der Waals surface area contributed by atoms with E-state index in [1.165, 1.54) is 29.2 Å². The molecule has 0 N–H and O–H groups in total. The SMILES string of the molecule is N#CCCN(C(=O)COc1ccc(F)cc1F)c1ccc(F)cc1. The molecule has 2 aromatic rings. The van der Waals surface area contributed by atoms with Crippen LogP contribution in [0.3, 0.4) is 0 Å². The maximum absolute atomic E-state index is 13.5. The number of hydrogen-bond acceptors (Lipinski definition) is 3. The lowest BCUT2D eigenvalue weighted by molar-refractivity contribution is -0.120. The van der Waals surface area contributed by atoms with E-state index in [1.807, 2.05) is 6.07 Å². The number of nitriles is 1. The van der Waals surface area contributed by atoms with Gasteiger partial charge < -0.3 is 9.64 Å². The van der Waals surface area contributed by atoms with Gasteiger partial charge in [0.1, 0.15) is 11.6 Å². The molecule has 4 nitrogen and oxygen atoms in total. The molecule has 0 radical (unpaired) electrons. The Morgan fingerprint density at radius 2 is 1.75 bits per heavy atom. The maximum atomic E-state index is 13.5. The van der Waals surface area contributed by atoms with Crippen LogP contribution in [0, 0.1) is 28.8 Å². The first kappa shape index (κ1) is 17.3. The largest absolute Gasteiger partial charge is 0.481 e. The van der Waals surface area contributed by atoms with E-state index in [0.717, 1.165) is 12.1 Å². The van der Waals surface area contributed by atoms with Gasteiger partial charge in [0.25, 0.3) is 5.91 Å². The number of nitrogens with zero attached hydrogens (tertiary/aromatic N) is 2. The predicted octanol–water partition coefficient (Wildman–Crippen LogP) is 3.43. The lowest BCUT2D eigenvalue weighted by Crippen LogP contribution is -2.35. The molecule has 1 amide bonds. The van der Waals surface area contributed by atoms with Crippen molar-refractivity contribution in [3.05, 3.63) is 59.9 Å². The summed E-state index contributed by atoms with van der Waals surface area (Å²) in [6.07, 6.45) is 0.0635. The quantitative estimate of drug-likeness (QED) is 0.813. The van der Waals surface area contributed by atoms with E-state index in [4.69, 9.17) is 10.00 Å². The average molecular weight is 334 g/mol. The fraction of sp³-hybridized carbons (Fsp3) is 0.176. The van der Waals surface area contributed by atoms with Gasteiger partial charge >= 0.3 is 0 Å². The van der Waals surface area contributed by atoms with Crippen molar-refractivity contribution >= 4 is 11.6 Å². The molecule has 0 aliphatic rings. The lowest BCUT2D eigenvalue weighted by atomic mass is 10.2. The summed E-state index contributed by atoms with van der Waals surface area (Å²) >= 11 is 0. The molecule has 0 fully saturated rings. The standard InChI is InChI=1S/C17H13F3N2O2/c18-12-2-5-14(6-3-12)22(9-1-8-21)17(23)11-24-16-7-4-13(19)10-15(16)20/h2-7,10H,1,9,11H2. The first-order valence-corrected chi connectivity index (χ1v) is 7.02. The van der Waals surface area contributed by atoms with Crippen LogP contribution >= 0.6 is 0 Å². The van der Waals surface area contributed by atoms with Gasteiger partial charge in [0.2, 0.25) is 0 Å². The Morgan fingerprint density at radius 3 is 2.38 bits per heavy atom. The minimum absolute atomic E-state index is 0.0635. The zero-order valence-electron chi connectivity index (χ0n) is 12.5.